The van der Waals surface area contributed by atoms with Crippen LogP contribution in [0.25, 0.3) is 0 Å². The quantitative estimate of drug-likeness (QED) is 0.889. The first-order valence-corrected chi connectivity index (χ1v) is 7.54. The van der Waals surface area contributed by atoms with Gasteiger partial charge in [-0.15, -0.1) is 0 Å². The Bertz CT molecular complexity index is 655. The average Bonchev–Trinajstić information content (AvgIpc) is 2.81. The molecule has 0 saturated heterocycles. The molecular formula is C16H20ClN3O2. The van der Waals surface area contributed by atoms with Gasteiger partial charge < -0.3 is 10.0 Å². The van der Waals surface area contributed by atoms with Crippen LogP contribution < -0.4 is 0 Å². The first-order chi connectivity index (χ1) is 10.5. The summed E-state index contributed by atoms with van der Waals surface area (Å²) in [5.74, 6) is -0.100. The molecule has 1 amide bonds. The summed E-state index contributed by atoms with van der Waals surface area (Å²) in [6.45, 7) is 2.82. The highest BCUT2D eigenvalue weighted by atomic mass is 35.5. The minimum atomic E-state index is -0.100. The second-order valence-electron chi connectivity index (χ2n) is 5.23. The van der Waals surface area contributed by atoms with E-state index in [1.54, 1.807) is 28.8 Å². The lowest BCUT2D eigenvalue weighted by Gasteiger charge is -2.22. The molecule has 6 heteroatoms. The zero-order valence-corrected chi connectivity index (χ0v) is 13.5. The normalized spacial score (nSPS) is 10.7. The SMILES string of the molecule is Cc1cc(C(=O)N(CCCO)Cc2cccc(Cl)c2)n(C)n1. The molecule has 118 valence electrons. The van der Waals surface area contributed by atoms with Crippen LogP contribution in [0.15, 0.2) is 30.3 Å². The highest BCUT2D eigenvalue weighted by molar-refractivity contribution is 6.30. The fourth-order valence-corrected chi connectivity index (χ4v) is 2.56. The lowest BCUT2D eigenvalue weighted by molar-refractivity contribution is 0.0721. The summed E-state index contributed by atoms with van der Waals surface area (Å²) in [5.41, 5.74) is 2.30. The number of aliphatic hydroxyl groups excluding tert-OH is 1. The van der Waals surface area contributed by atoms with Crippen LogP contribution in [0.5, 0.6) is 0 Å². The van der Waals surface area contributed by atoms with Crippen molar-refractivity contribution in [3.8, 4) is 0 Å². The van der Waals surface area contributed by atoms with Gasteiger partial charge in [0.25, 0.3) is 5.91 Å². The summed E-state index contributed by atoms with van der Waals surface area (Å²) in [6.07, 6.45) is 0.531. The Morgan fingerprint density at radius 3 is 2.77 bits per heavy atom. The number of benzene rings is 1. The molecule has 0 bridgehead atoms. The second kappa shape index (κ2) is 7.42. The first kappa shape index (κ1) is 16.5. The van der Waals surface area contributed by atoms with Gasteiger partial charge in [0, 0.05) is 31.8 Å². The van der Waals surface area contributed by atoms with E-state index < -0.39 is 0 Å². The van der Waals surface area contributed by atoms with Gasteiger partial charge >= 0.3 is 0 Å². The van der Waals surface area contributed by atoms with Crippen LogP contribution in [0.4, 0.5) is 0 Å². The van der Waals surface area contributed by atoms with Crippen molar-refractivity contribution < 1.29 is 9.90 Å². The van der Waals surface area contributed by atoms with Gasteiger partial charge in [-0.25, -0.2) is 0 Å². The minimum Gasteiger partial charge on any atom is -0.396 e. The fraction of sp³-hybridized carbons (Fsp3) is 0.375. The summed E-state index contributed by atoms with van der Waals surface area (Å²) >= 11 is 6.00. The van der Waals surface area contributed by atoms with E-state index in [0.717, 1.165) is 11.3 Å². The summed E-state index contributed by atoms with van der Waals surface area (Å²) < 4.78 is 1.58. The van der Waals surface area contributed by atoms with E-state index in [9.17, 15) is 4.79 Å². The minimum absolute atomic E-state index is 0.0454. The number of rotatable bonds is 6. The van der Waals surface area contributed by atoms with E-state index in [1.165, 1.54) is 0 Å². The lowest BCUT2D eigenvalue weighted by atomic mass is 10.2. The van der Waals surface area contributed by atoms with Gasteiger partial charge in [0.05, 0.1) is 5.69 Å². The van der Waals surface area contributed by atoms with E-state index in [4.69, 9.17) is 16.7 Å². The van der Waals surface area contributed by atoms with E-state index in [-0.39, 0.29) is 12.5 Å². The lowest BCUT2D eigenvalue weighted by Crippen LogP contribution is -2.33. The van der Waals surface area contributed by atoms with Crippen LogP contribution in [0.3, 0.4) is 0 Å². The maximum atomic E-state index is 12.7. The molecule has 0 atom stereocenters. The number of amides is 1. The van der Waals surface area contributed by atoms with E-state index in [1.807, 2.05) is 25.1 Å². The van der Waals surface area contributed by atoms with Gasteiger partial charge in [-0.2, -0.15) is 5.10 Å². The van der Waals surface area contributed by atoms with Crippen molar-refractivity contribution in [2.24, 2.45) is 7.05 Å². The Morgan fingerprint density at radius 2 is 2.18 bits per heavy atom. The van der Waals surface area contributed by atoms with Gasteiger partial charge in [0.2, 0.25) is 0 Å². The molecule has 1 aromatic heterocycles. The van der Waals surface area contributed by atoms with Gasteiger partial charge in [-0.05, 0) is 37.1 Å². The smallest absolute Gasteiger partial charge is 0.272 e. The standard InChI is InChI=1S/C16H20ClN3O2/c1-12-9-15(19(2)18-12)16(22)20(7-4-8-21)11-13-5-3-6-14(17)10-13/h3,5-6,9-10,21H,4,7-8,11H2,1-2H3. The zero-order valence-electron chi connectivity index (χ0n) is 12.8. The predicted molar refractivity (Wildman–Crippen MR) is 85.8 cm³/mol. The number of aromatic nitrogens is 2. The van der Waals surface area contributed by atoms with Crippen LogP contribution >= 0.6 is 11.6 Å². The van der Waals surface area contributed by atoms with Gasteiger partial charge in [-0.1, -0.05) is 23.7 Å². The number of carbonyl (C=O) groups excluding carboxylic acids is 1. The van der Waals surface area contributed by atoms with Crippen LogP contribution in [0.2, 0.25) is 5.02 Å². The van der Waals surface area contributed by atoms with Crippen molar-refractivity contribution >= 4 is 17.5 Å². The van der Waals surface area contributed by atoms with Crippen molar-refractivity contribution in [1.82, 2.24) is 14.7 Å². The average molecular weight is 322 g/mol. The molecule has 1 N–H and O–H groups in total. The largest absolute Gasteiger partial charge is 0.396 e. The molecule has 0 aliphatic carbocycles. The molecule has 2 rings (SSSR count). The van der Waals surface area contributed by atoms with Crippen LogP contribution in [0.1, 0.15) is 28.2 Å². The van der Waals surface area contributed by atoms with Gasteiger partial charge in [0.15, 0.2) is 0 Å². The molecule has 0 aliphatic heterocycles. The molecule has 0 unspecified atom stereocenters. The number of hydrogen-bond donors (Lipinski definition) is 1. The van der Waals surface area contributed by atoms with E-state index >= 15 is 0 Å². The molecule has 22 heavy (non-hydrogen) atoms. The van der Waals surface area contributed by atoms with Crippen LogP contribution in [-0.4, -0.2) is 38.8 Å². The number of aryl methyl sites for hydroxylation is 2. The van der Waals surface area contributed by atoms with Gasteiger partial charge in [0.1, 0.15) is 5.69 Å². The number of halogens is 1. The second-order valence-corrected chi connectivity index (χ2v) is 5.66. The molecule has 5 nitrogen and oxygen atoms in total. The molecule has 0 aliphatic rings. The molecule has 0 radical (unpaired) electrons. The molecule has 2 aromatic rings. The number of nitrogens with zero attached hydrogens (tertiary/aromatic N) is 3. The first-order valence-electron chi connectivity index (χ1n) is 7.16. The Hall–Kier alpha value is -1.85. The predicted octanol–water partition coefficient (Wildman–Crippen LogP) is 2.41. The Morgan fingerprint density at radius 1 is 1.41 bits per heavy atom. The maximum absolute atomic E-state index is 12.7. The monoisotopic (exact) mass is 321 g/mol. The molecule has 0 fully saturated rings. The molecule has 0 spiro atoms. The highest BCUT2D eigenvalue weighted by Crippen LogP contribution is 2.15. The van der Waals surface area contributed by atoms with Crippen molar-refractivity contribution in [2.45, 2.75) is 19.9 Å². The number of carbonyl (C=O) groups is 1. The van der Waals surface area contributed by atoms with Crippen molar-refractivity contribution in [1.29, 1.82) is 0 Å². The summed E-state index contributed by atoms with van der Waals surface area (Å²) in [6, 6.07) is 9.21. The summed E-state index contributed by atoms with van der Waals surface area (Å²) in [7, 11) is 1.75. The third-order valence-corrected chi connectivity index (χ3v) is 3.59. The Labute approximate surface area is 135 Å². The summed E-state index contributed by atoms with van der Waals surface area (Å²) in [4.78, 5) is 14.4. The van der Waals surface area contributed by atoms with Crippen LogP contribution in [-0.2, 0) is 13.6 Å². The molecule has 1 heterocycles. The topological polar surface area (TPSA) is 58.4 Å². The van der Waals surface area contributed by atoms with Crippen molar-refractivity contribution in [3.05, 3.63) is 52.3 Å². The third kappa shape index (κ3) is 4.08. The number of aliphatic hydroxyl groups is 1. The maximum Gasteiger partial charge on any atom is 0.272 e. The fourth-order valence-electron chi connectivity index (χ4n) is 2.34. The molecule has 1 aromatic carbocycles. The van der Waals surface area contributed by atoms with Crippen molar-refractivity contribution in [2.75, 3.05) is 13.2 Å². The zero-order chi connectivity index (χ0) is 16.1. The van der Waals surface area contributed by atoms with Crippen LogP contribution in [0, 0.1) is 6.92 Å². The van der Waals surface area contributed by atoms with E-state index in [2.05, 4.69) is 5.10 Å². The van der Waals surface area contributed by atoms with Crippen molar-refractivity contribution in [3.63, 3.8) is 0 Å². The highest BCUT2D eigenvalue weighted by Gasteiger charge is 2.19. The molecular weight excluding hydrogens is 302 g/mol. The Balaban J connectivity index is 2.21. The Kier molecular flexibility index (Phi) is 5.57. The summed E-state index contributed by atoms with van der Waals surface area (Å²) in [5, 5.41) is 13.9. The van der Waals surface area contributed by atoms with Gasteiger partial charge in [-0.3, -0.25) is 9.48 Å². The van der Waals surface area contributed by atoms with E-state index in [0.29, 0.717) is 30.2 Å². The third-order valence-electron chi connectivity index (χ3n) is 3.36. The number of hydrogen-bond acceptors (Lipinski definition) is 3. The molecule has 0 saturated carbocycles.